The number of fused-ring (bicyclic) bond motifs is 1. The molecule has 1 N–H and O–H groups in total. The maximum atomic E-state index is 14.2. The Bertz CT molecular complexity index is 1240. The summed E-state index contributed by atoms with van der Waals surface area (Å²) in [5.74, 6) is -1.36. The van der Waals surface area contributed by atoms with Crippen molar-refractivity contribution < 1.29 is 17.2 Å². The Labute approximate surface area is 154 Å². The first-order valence-electron chi connectivity index (χ1n) is 7.95. The number of hydrogen-bond acceptors (Lipinski definition) is 3. The lowest BCUT2D eigenvalue weighted by Crippen LogP contribution is -2.15. The largest absolute Gasteiger partial charge is 0.324 e. The number of nitrogens with zero attached hydrogens (tertiary/aromatic N) is 2. The summed E-state index contributed by atoms with van der Waals surface area (Å²) in [6.45, 7) is 0. The van der Waals surface area contributed by atoms with Gasteiger partial charge in [-0.2, -0.15) is 0 Å². The van der Waals surface area contributed by atoms with Gasteiger partial charge in [0.25, 0.3) is 10.0 Å². The third kappa shape index (κ3) is 3.15. The quantitative estimate of drug-likeness (QED) is 0.575. The smallest absolute Gasteiger partial charge is 0.262 e. The van der Waals surface area contributed by atoms with E-state index in [1.807, 2.05) is 0 Å². The van der Waals surface area contributed by atoms with E-state index in [0.29, 0.717) is 5.69 Å². The Morgan fingerprint density at radius 2 is 1.67 bits per heavy atom. The highest BCUT2D eigenvalue weighted by molar-refractivity contribution is 7.93. The average Bonchev–Trinajstić information content (AvgIpc) is 3.18. The van der Waals surface area contributed by atoms with Gasteiger partial charge < -0.3 is 4.57 Å². The minimum atomic E-state index is -4.17. The van der Waals surface area contributed by atoms with Crippen molar-refractivity contribution in [3.05, 3.63) is 84.8 Å². The molecule has 0 spiro atoms. The van der Waals surface area contributed by atoms with Crippen LogP contribution < -0.4 is 4.72 Å². The van der Waals surface area contributed by atoms with Gasteiger partial charge in [-0.1, -0.05) is 0 Å². The van der Waals surface area contributed by atoms with Crippen molar-refractivity contribution in [3.63, 3.8) is 0 Å². The Morgan fingerprint density at radius 3 is 2.44 bits per heavy atom. The molecule has 4 aromatic rings. The molecule has 2 aromatic carbocycles. The summed E-state index contributed by atoms with van der Waals surface area (Å²) in [4.78, 5) is 3.70. The van der Waals surface area contributed by atoms with Crippen LogP contribution in [0.5, 0.6) is 0 Å². The lowest BCUT2D eigenvalue weighted by Gasteiger charge is -2.13. The lowest BCUT2D eigenvalue weighted by atomic mass is 10.2. The Hall–Kier alpha value is -3.26. The molecule has 0 saturated carbocycles. The van der Waals surface area contributed by atoms with Crippen LogP contribution in [0.4, 0.5) is 14.5 Å². The molecule has 0 amide bonds. The first-order chi connectivity index (χ1) is 13.0. The van der Waals surface area contributed by atoms with Gasteiger partial charge >= 0.3 is 0 Å². The van der Waals surface area contributed by atoms with Crippen LogP contribution in [0, 0.1) is 11.6 Å². The van der Waals surface area contributed by atoms with Crippen LogP contribution in [0.3, 0.4) is 0 Å². The summed E-state index contributed by atoms with van der Waals surface area (Å²) in [7, 11) is -4.17. The number of anilines is 1. The summed E-state index contributed by atoms with van der Waals surface area (Å²) in [6.07, 6.45) is 4.88. The minimum Gasteiger partial charge on any atom is -0.324 e. The third-order valence-electron chi connectivity index (χ3n) is 4.07. The molecule has 0 bridgehead atoms. The van der Waals surface area contributed by atoms with Gasteiger partial charge in [0.2, 0.25) is 0 Å². The predicted molar refractivity (Wildman–Crippen MR) is 98.2 cm³/mol. The summed E-state index contributed by atoms with van der Waals surface area (Å²) in [5.41, 5.74) is 0.314. The molecule has 0 aliphatic heterocycles. The Balaban J connectivity index is 1.79. The van der Waals surface area contributed by atoms with E-state index in [-0.39, 0.29) is 21.5 Å². The third-order valence-corrected chi connectivity index (χ3v) is 5.49. The van der Waals surface area contributed by atoms with Gasteiger partial charge in [-0.25, -0.2) is 17.2 Å². The Morgan fingerprint density at radius 1 is 0.926 bits per heavy atom. The van der Waals surface area contributed by atoms with Crippen molar-refractivity contribution in [3.8, 4) is 5.69 Å². The van der Waals surface area contributed by atoms with E-state index in [1.165, 1.54) is 36.5 Å². The zero-order valence-electron chi connectivity index (χ0n) is 13.8. The van der Waals surface area contributed by atoms with Crippen molar-refractivity contribution in [2.24, 2.45) is 0 Å². The van der Waals surface area contributed by atoms with Crippen molar-refractivity contribution in [1.82, 2.24) is 9.55 Å². The van der Waals surface area contributed by atoms with E-state index < -0.39 is 21.7 Å². The number of nitrogens with one attached hydrogen (secondary N) is 1. The molecule has 2 heterocycles. The predicted octanol–water partition coefficient (Wildman–Crippen LogP) is 4.10. The minimum absolute atomic E-state index is 0.0676. The highest BCUT2D eigenvalue weighted by atomic mass is 32.2. The number of aromatic nitrogens is 2. The van der Waals surface area contributed by atoms with Crippen molar-refractivity contribution in [1.29, 1.82) is 0 Å². The van der Waals surface area contributed by atoms with Crippen LogP contribution in [-0.4, -0.2) is 18.0 Å². The molecular weight excluding hydrogens is 372 g/mol. The van der Waals surface area contributed by atoms with Crippen LogP contribution in [0.2, 0.25) is 0 Å². The molecule has 136 valence electrons. The van der Waals surface area contributed by atoms with Crippen LogP contribution in [0.15, 0.2) is 78.1 Å². The lowest BCUT2D eigenvalue weighted by molar-refractivity contribution is 0.598. The highest BCUT2D eigenvalue weighted by Gasteiger charge is 2.21. The maximum absolute atomic E-state index is 14.2. The molecule has 0 aliphatic rings. The number of sulfonamides is 1. The molecule has 8 heteroatoms. The van der Waals surface area contributed by atoms with Gasteiger partial charge in [0.1, 0.15) is 17.2 Å². The number of rotatable bonds is 4. The fourth-order valence-corrected chi connectivity index (χ4v) is 4.06. The molecule has 0 radical (unpaired) electrons. The molecular formula is C19H13F2N3O2S. The molecule has 0 fully saturated rings. The second-order valence-corrected chi connectivity index (χ2v) is 7.46. The van der Waals surface area contributed by atoms with Gasteiger partial charge in [-0.3, -0.25) is 9.71 Å². The first-order valence-corrected chi connectivity index (χ1v) is 9.43. The molecule has 27 heavy (non-hydrogen) atoms. The maximum Gasteiger partial charge on any atom is 0.262 e. The summed E-state index contributed by atoms with van der Waals surface area (Å²) < 4.78 is 57.8. The van der Waals surface area contributed by atoms with Gasteiger partial charge in [0.05, 0.1) is 10.6 Å². The summed E-state index contributed by atoms with van der Waals surface area (Å²) >= 11 is 0. The molecule has 0 saturated heterocycles. The molecule has 4 rings (SSSR count). The van der Waals surface area contributed by atoms with Crippen molar-refractivity contribution >= 4 is 26.6 Å². The topological polar surface area (TPSA) is 64.0 Å². The van der Waals surface area contributed by atoms with E-state index in [4.69, 9.17) is 0 Å². The van der Waals surface area contributed by atoms with Gasteiger partial charge in [0.15, 0.2) is 0 Å². The standard InChI is InChI=1S/C19H13F2N3O2S/c20-15-6-5-13(24-10-1-2-11-24)12-17(15)23-27(25,26)18-8-7-16(21)19-14(18)4-3-9-22-19/h1-12,23H. The molecule has 2 aromatic heterocycles. The molecule has 0 unspecified atom stereocenters. The average molecular weight is 385 g/mol. The number of benzene rings is 2. The number of pyridine rings is 1. The highest BCUT2D eigenvalue weighted by Crippen LogP contribution is 2.27. The summed E-state index contributed by atoms with van der Waals surface area (Å²) in [5, 5.41) is 0.118. The number of hydrogen-bond donors (Lipinski definition) is 1. The number of halogens is 2. The van der Waals surface area contributed by atoms with E-state index >= 15 is 0 Å². The normalized spacial score (nSPS) is 11.6. The second-order valence-electron chi connectivity index (χ2n) is 5.81. The van der Waals surface area contributed by atoms with Gasteiger partial charge in [-0.05, 0) is 54.6 Å². The van der Waals surface area contributed by atoms with Crippen LogP contribution in [0.1, 0.15) is 0 Å². The van der Waals surface area contributed by atoms with E-state index in [1.54, 1.807) is 29.1 Å². The SMILES string of the molecule is O=S(=O)(Nc1cc(-n2cccc2)ccc1F)c1ccc(F)c2ncccc12. The monoisotopic (exact) mass is 385 g/mol. The van der Waals surface area contributed by atoms with Crippen molar-refractivity contribution in [2.75, 3.05) is 4.72 Å². The van der Waals surface area contributed by atoms with Gasteiger partial charge in [-0.15, -0.1) is 0 Å². The van der Waals surface area contributed by atoms with Crippen LogP contribution >= 0.6 is 0 Å². The van der Waals surface area contributed by atoms with Crippen molar-refractivity contribution in [2.45, 2.75) is 4.90 Å². The first kappa shape index (κ1) is 17.2. The van der Waals surface area contributed by atoms with E-state index in [2.05, 4.69) is 9.71 Å². The van der Waals surface area contributed by atoms with E-state index in [0.717, 1.165) is 12.1 Å². The second kappa shape index (κ2) is 6.48. The molecule has 0 atom stereocenters. The summed E-state index contributed by atoms with van der Waals surface area (Å²) in [6, 6.07) is 12.8. The molecule has 0 aliphatic carbocycles. The molecule has 5 nitrogen and oxygen atoms in total. The van der Waals surface area contributed by atoms with Crippen LogP contribution in [0.25, 0.3) is 16.6 Å². The van der Waals surface area contributed by atoms with Crippen LogP contribution in [-0.2, 0) is 10.0 Å². The Kier molecular flexibility index (Phi) is 4.12. The van der Waals surface area contributed by atoms with E-state index in [9.17, 15) is 17.2 Å². The zero-order valence-corrected chi connectivity index (χ0v) is 14.6. The zero-order chi connectivity index (χ0) is 19.0. The van der Waals surface area contributed by atoms with Gasteiger partial charge in [0, 0.05) is 29.7 Å². The fraction of sp³-hybridized carbons (Fsp3) is 0. The fourth-order valence-electron chi connectivity index (χ4n) is 2.80.